The zero-order valence-electron chi connectivity index (χ0n) is 12.5. The van der Waals surface area contributed by atoms with Crippen LogP contribution in [0.5, 0.6) is 0 Å². The largest absolute Gasteiger partial charge is 0.478 e. The van der Waals surface area contributed by atoms with Crippen LogP contribution in [0.1, 0.15) is 12.0 Å². The lowest BCUT2D eigenvalue weighted by Crippen LogP contribution is -2.02. The Bertz CT molecular complexity index is 451. The highest BCUT2D eigenvalue weighted by Crippen LogP contribution is 1.97. The van der Waals surface area contributed by atoms with E-state index in [0.717, 1.165) is 12.2 Å². The first kappa shape index (κ1) is 21.6. The molecule has 0 atom stereocenters. The van der Waals surface area contributed by atoms with E-state index in [1.807, 2.05) is 36.4 Å². The van der Waals surface area contributed by atoms with Gasteiger partial charge >= 0.3 is 11.9 Å². The number of carbonyl (C=O) groups excluding carboxylic acids is 1. The van der Waals surface area contributed by atoms with Crippen molar-refractivity contribution in [1.29, 1.82) is 0 Å². The summed E-state index contributed by atoms with van der Waals surface area (Å²) in [5.41, 5.74) is 1.17. The number of hydrogen-bond acceptors (Lipinski definition) is 4. The van der Waals surface area contributed by atoms with Crippen LogP contribution in [0.15, 0.2) is 62.2 Å². The van der Waals surface area contributed by atoms with Gasteiger partial charge in [0.05, 0.1) is 6.61 Å². The van der Waals surface area contributed by atoms with E-state index in [9.17, 15) is 9.59 Å². The molecule has 0 spiro atoms. The number of ether oxygens (including phenoxy) is 1. The quantitative estimate of drug-likeness (QED) is 0.479. The first-order valence-corrected chi connectivity index (χ1v) is 6.44. The Balaban J connectivity index is 0. The fourth-order valence-electron chi connectivity index (χ4n) is 0.885. The van der Waals surface area contributed by atoms with Crippen LogP contribution in [0.25, 0.3) is 6.08 Å². The Kier molecular flexibility index (Phi) is 16.1. The standard InChI is InChI=1S/C8H8.C6H10O3.C3H4O2/c1-2-8-6-4-3-5-7-8;1-2-6(8)9-5-3-4-7;1-2-3(4)5/h2-7H,1H2;2,7H,1,3-5H2;2H,1H2,(H,4,5). The molecule has 5 nitrogen and oxygen atoms in total. The van der Waals surface area contributed by atoms with Crippen LogP contribution in [0.4, 0.5) is 0 Å². The molecule has 0 aliphatic rings. The van der Waals surface area contributed by atoms with Crippen molar-refractivity contribution in [3.05, 3.63) is 67.8 Å². The van der Waals surface area contributed by atoms with Gasteiger partial charge in [-0.2, -0.15) is 0 Å². The monoisotopic (exact) mass is 306 g/mol. The van der Waals surface area contributed by atoms with Gasteiger partial charge in [0.25, 0.3) is 0 Å². The Labute approximate surface area is 130 Å². The summed E-state index contributed by atoms with van der Waals surface area (Å²) in [4.78, 5) is 19.5. The van der Waals surface area contributed by atoms with E-state index in [1.165, 1.54) is 5.56 Å². The van der Waals surface area contributed by atoms with Gasteiger partial charge in [-0.3, -0.25) is 0 Å². The van der Waals surface area contributed by atoms with Crippen molar-refractivity contribution in [3.8, 4) is 0 Å². The van der Waals surface area contributed by atoms with Crippen LogP contribution in [0.3, 0.4) is 0 Å². The SMILES string of the molecule is C=CC(=O)O.C=CC(=O)OCCCO.C=Cc1ccccc1. The van der Waals surface area contributed by atoms with Crippen LogP contribution >= 0.6 is 0 Å². The van der Waals surface area contributed by atoms with E-state index in [1.54, 1.807) is 0 Å². The van der Waals surface area contributed by atoms with Crippen molar-refractivity contribution in [2.45, 2.75) is 6.42 Å². The van der Waals surface area contributed by atoms with Gasteiger partial charge in [0.1, 0.15) is 0 Å². The average Bonchev–Trinajstić information content (AvgIpc) is 2.56. The predicted molar refractivity (Wildman–Crippen MR) is 87.2 cm³/mol. The molecule has 0 aliphatic carbocycles. The zero-order chi connectivity index (χ0) is 17.2. The maximum atomic E-state index is 10.3. The number of rotatable bonds is 6. The molecular weight excluding hydrogens is 284 g/mol. The van der Waals surface area contributed by atoms with Gasteiger partial charge in [-0.25, -0.2) is 9.59 Å². The molecule has 0 unspecified atom stereocenters. The highest BCUT2D eigenvalue weighted by Gasteiger charge is 1.91. The minimum Gasteiger partial charge on any atom is -0.478 e. The molecule has 0 radical (unpaired) electrons. The molecule has 2 N–H and O–H groups in total. The van der Waals surface area contributed by atoms with Crippen molar-refractivity contribution < 1.29 is 24.5 Å². The van der Waals surface area contributed by atoms with E-state index in [0.29, 0.717) is 6.42 Å². The average molecular weight is 306 g/mol. The molecule has 0 amide bonds. The third-order valence-electron chi connectivity index (χ3n) is 1.92. The predicted octanol–water partition coefficient (Wildman–Crippen LogP) is 2.68. The van der Waals surface area contributed by atoms with E-state index < -0.39 is 11.9 Å². The van der Waals surface area contributed by atoms with Crippen LogP contribution < -0.4 is 0 Å². The minimum atomic E-state index is -0.981. The summed E-state index contributed by atoms with van der Waals surface area (Å²) in [7, 11) is 0. The van der Waals surface area contributed by atoms with E-state index >= 15 is 0 Å². The van der Waals surface area contributed by atoms with Crippen LogP contribution in [0.2, 0.25) is 0 Å². The second-order valence-electron chi connectivity index (χ2n) is 3.61. The Morgan fingerprint density at radius 1 is 1.09 bits per heavy atom. The summed E-state index contributed by atoms with van der Waals surface area (Å²) >= 11 is 0. The maximum absolute atomic E-state index is 10.3. The van der Waals surface area contributed by atoms with Crippen molar-refractivity contribution in [3.63, 3.8) is 0 Å². The zero-order valence-corrected chi connectivity index (χ0v) is 12.5. The van der Waals surface area contributed by atoms with E-state index in [-0.39, 0.29) is 13.2 Å². The number of aliphatic hydroxyl groups is 1. The molecule has 0 fully saturated rings. The normalized spacial score (nSPS) is 8.05. The molecular formula is C17H22O5. The molecule has 1 aromatic carbocycles. The first-order chi connectivity index (χ1) is 10.5. The summed E-state index contributed by atoms with van der Waals surface area (Å²) < 4.78 is 4.51. The Morgan fingerprint density at radius 2 is 1.64 bits per heavy atom. The number of aliphatic carboxylic acids is 1. The topological polar surface area (TPSA) is 83.8 Å². The van der Waals surface area contributed by atoms with Crippen molar-refractivity contribution in [2.24, 2.45) is 0 Å². The molecule has 0 saturated heterocycles. The number of carbonyl (C=O) groups is 2. The van der Waals surface area contributed by atoms with Crippen LogP contribution in [-0.2, 0) is 14.3 Å². The molecule has 1 rings (SSSR count). The highest BCUT2D eigenvalue weighted by molar-refractivity contribution is 5.81. The lowest BCUT2D eigenvalue weighted by molar-refractivity contribution is -0.138. The minimum absolute atomic E-state index is 0.0461. The van der Waals surface area contributed by atoms with Crippen LogP contribution in [0, 0.1) is 0 Å². The fourth-order valence-corrected chi connectivity index (χ4v) is 0.885. The van der Waals surface area contributed by atoms with Crippen LogP contribution in [-0.4, -0.2) is 35.4 Å². The number of esters is 1. The maximum Gasteiger partial charge on any atom is 0.330 e. The fraction of sp³-hybridized carbons (Fsp3) is 0.176. The number of carboxylic acid groups (broad SMARTS) is 1. The molecule has 0 bridgehead atoms. The summed E-state index contributed by atoms with van der Waals surface area (Å²) in [6.45, 7) is 10.1. The second kappa shape index (κ2) is 16.4. The van der Waals surface area contributed by atoms with Gasteiger partial charge in [0.15, 0.2) is 0 Å². The molecule has 0 aliphatic heterocycles. The molecule has 0 saturated carbocycles. The van der Waals surface area contributed by atoms with Crippen molar-refractivity contribution >= 4 is 18.0 Å². The van der Waals surface area contributed by atoms with Gasteiger partial charge in [-0.1, -0.05) is 56.1 Å². The summed E-state index contributed by atoms with van der Waals surface area (Å²) in [6, 6.07) is 10.0. The second-order valence-corrected chi connectivity index (χ2v) is 3.61. The van der Waals surface area contributed by atoms with Gasteiger partial charge in [0, 0.05) is 25.2 Å². The van der Waals surface area contributed by atoms with Crippen molar-refractivity contribution in [2.75, 3.05) is 13.2 Å². The molecule has 0 aromatic heterocycles. The molecule has 0 heterocycles. The van der Waals surface area contributed by atoms with Gasteiger partial charge in [-0.05, 0) is 5.56 Å². The Hall–Kier alpha value is -2.66. The summed E-state index contributed by atoms with van der Waals surface area (Å²) in [5, 5.41) is 15.8. The first-order valence-electron chi connectivity index (χ1n) is 6.44. The molecule has 120 valence electrons. The Morgan fingerprint density at radius 3 is 1.95 bits per heavy atom. The highest BCUT2D eigenvalue weighted by atomic mass is 16.5. The number of aliphatic hydroxyl groups excluding tert-OH is 1. The summed E-state index contributed by atoms with van der Waals surface area (Å²) in [5.74, 6) is -1.42. The van der Waals surface area contributed by atoms with Gasteiger partial charge in [0.2, 0.25) is 0 Å². The molecule has 1 aromatic rings. The van der Waals surface area contributed by atoms with Gasteiger partial charge in [-0.15, -0.1) is 0 Å². The van der Waals surface area contributed by atoms with E-state index in [2.05, 4.69) is 24.5 Å². The lowest BCUT2D eigenvalue weighted by Gasteiger charge is -1.96. The van der Waals surface area contributed by atoms with Crippen molar-refractivity contribution in [1.82, 2.24) is 0 Å². The third kappa shape index (κ3) is 17.3. The lowest BCUT2D eigenvalue weighted by atomic mass is 10.2. The smallest absolute Gasteiger partial charge is 0.330 e. The molecule has 5 heteroatoms. The third-order valence-corrected chi connectivity index (χ3v) is 1.92. The van der Waals surface area contributed by atoms with Gasteiger partial charge < -0.3 is 14.9 Å². The number of carboxylic acids is 1. The summed E-state index contributed by atoms with van der Waals surface area (Å²) in [6.07, 6.45) is 4.25. The number of hydrogen-bond donors (Lipinski definition) is 2. The number of benzene rings is 1. The van der Waals surface area contributed by atoms with E-state index in [4.69, 9.17) is 10.2 Å². The molecule has 22 heavy (non-hydrogen) atoms.